The van der Waals surface area contributed by atoms with Crippen LogP contribution in [0.15, 0.2) is 24.3 Å². The van der Waals surface area contributed by atoms with Gasteiger partial charge in [-0.2, -0.15) is 13.2 Å². The molecule has 0 aliphatic rings. The number of aliphatic hydroxyl groups is 1. The number of carbonyl (C=O) groups excluding carboxylic acids is 1. The number of ether oxygens (including phenoxy) is 1. The Morgan fingerprint density at radius 3 is 2.35 bits per heavy atom. The van der Waals surface area contributed by atoms with E-state index in [4.69, 9.17) is 4.74 Å². The van der Waals surface area contributed by atoms with E-state index >= 15 is 0 Å². The molecule has 0 aliphatic carbocycles. The average Bonchev–Trinajstić information content (AvgIpc) is 2.43. The van der Waals surface area contributed by atoms with Crippen molar-refractivity contribution < 1.29 is 27.8 Å². The molecule has 1 atom stereocenters. The topological polar surface area (TPSA) is 61.8 Å². The Morgan fingerprint density at radius 2 is 1.87 bits per heavy atom. The van der Waals surface area contributed by atoms with Crippen molar-refractivity contribution in [3.05, 3.63) is 29.8 Å². The molecule has 2 N–H and O–H groups in total. The van der Waals surface area contributed by atoms with E-state index in [1.807, 2.05) is 13.8 Å². The molecule has 0 aliphatic heterocycles. The first-order valence-electron chi connectivity index (χ1n) is 7.09. The van der Waals surface area contributed by atoms with Crippen molar-refractivity contribution in [3.63, 3.8) is 0 Å². The highest BCUT2D eigenvalue weighted by Gasteiger charge is 2.30. The number of hydrogen-bond acceptors (Lipinski definition) is 3. The number of likely N-dealkylation sites (N-methyl/N-ethyl adjacent to an activating group) is 1. The standard InChI is InChI=1S/C15H21F3N2O3/c1-10(2)19-14(22)20(3)8-12(21)9-23-13-6-4-11(5-7-13)15(16,17)18/h4-7,10,12,21H,8-9H2,1-3H3,(H,19,22). The third-order valence-corrected chi connectivity index (χ3v) is 2.87. The van der Waals surface area contributed by atoms with Crippen LogP contribution in [0.2, 0.25) is 0 Å². The van der Waals surface area contributed by atoms with Gasteiger partial charge in [0.15, 0.2) is 0 Å². The highest BCUT2D eigenvalue weighted by molar-refractivity contribution is 5.74. The third kappa shape index (κ3) is 6.77. The Labute approximate surface area is 133 Å². The van der Waals surface area contributed by atoms with Crippen molar-refractivity contribution in [2.75, 3.05) is 20.2 Å². The molecule has 1 rings (SSSR count). The maximum absolute atomic E-state index is 12.4. The molecule has 1 aromatic carbocycles. The van der Waals surface area contributed by atoms with Gasteiger partial charge in [0.1, 0.15) is 18.5 Å². The largest absolute Gasteiger partial charge is 0.491 e. The number of alkyl halides is 3. The summed E-state index contributed by atoms with van der Waals surface area (Å²) in [4.78, 5) is 13.0. The van der Waals surface area contributed by atoms with Crippen LogP contribution < -0.4 is 10.1 Å². The van der Waals surface area contributed by atoms with Crippen LogP contribution in [0.3, 0.4) is 0 Å². The number of nitrogens with zero attached hydrogens (tertiary/aromatic N) is 1. The molecule has 1 unspecified atom stereocenters. The first-order valence-corrected chi connectivity index (χ1v) is 7.09. The monoisotopic (exact) mass is 334 g/mol. The average molecular weight is 334 g/mol. The van der Waals surface area contributed by atoms with Gasteiger partial charge < -0.3 is 20.1 Å². The lowest BCUT2D eigenvalue weighted by atomic mass is 10.2. The minimum atomic E-state index is -4.40. The summed E-state index contributed by atoms with van der Waals surface area (Å²) < 4.78 is 42.5. The molecule has 0 aromatic heterocycles. The molecule has 0 spiro atoms. The summed E-state index contributed by atoms with van der Waals surface area (Å²) >= 11 is 0. The molecular weight excluding hydrogens is 313 g/mol. The summed E-state index contributed by atoms with van der Waals surface area (Å²) in [6.07, 6.45) is -5.36. The van der Waals surface area contributed by atoms with Crippen LogP contribution in [-0.2, 0) is 6.18 Å². The molecule has 5 nitrogen and oxygen atoms in total. The van der Waals surface area contributed by atoms with Crippen molar-refractivity contribution in [3.8, 4) is 5.75 Å². The fourth-order valence-corrected chi connectivity index (χ4v) is 1.74. The molecule has 0 bridgehead atoms. The number of nitrogens with one attached hydrogen (secondary N) is 1. The molecule has 1 aromatic rings. The maximum atomic E-state index is 12.4. The number of hydrogen-bond donors (Lipinski definition) is 2. The van der Waals surface area contributed by atoms with Gasteiger partial charge in [-0.3, -0.25) is 0 Å². The second-order valence-corrected chi connectivity index (χ2v) is 5.47. The number of amides is 2. The maximum Gasteiger partial charge on any atom is 0.416 e. The molecule has 8 heteroatoms. The van der Waals surface area contributed by atoms with Crippen molar-refractivity contribution in [2.45, 2.75) is 32.2 Å². The van der Waals surface area contributed by atoms with E-state index in [0.29, 0.717) is 0 Å². The van der Waals surface area contributed by atoms with Crippen molar-refractivity contribution in [1.82, 2.24) is 10.2 Å². The van der Waals surface area contributed by atoms with Gasteiger partial charge in [-0.15, -0.1) is 0 Å². The molecule has 0 radical (unpaired) electrons. The number of urea groups is 1. The van der Waals surface area contributed by atoms with Gasteiger partial charge in [0, 0.05) is 13.1 Å². The van der Waals surface area contributed by atoms with Crippen LogP contribution in [0.1, 0.15) is 19.4 Å². The number of aliphatic hydroxyl groups excluding tert-OH is 1. The first-order chi connectivity index (χ1) is 10.6. The van der Waals surface area contributed by atoms with Crippen LogP contribution >= 0.6 is 0 Å². The Bertz CT molecular complexity index is 504. The summed E-state index contributed by atoms with van der Waals surface area (Å²) in [6, 6.07) is 3.84. The van der Waals surface area contributed by atoms with E-state index in [1.165, 1.54) is 24.1 Å². The Morgan fingerprint density at radius 1 is 1.30 bits per heavy atom. The lowest BCUT2D eigenvalue weighted by molar-refractivity contribution is -0.137. The van der Waals surface area contributed by atoms with Crippen molar-refractivity contribution in [2.24, 2.45) is 0 Å². The second-order valence-electron chi connectivity index (χ2n) is 5.47. The quantitative estimate of drug-likeness (QED) is 0.840. The summed E-state index contributed by atoms with van der Waals surface area (Å²) in [5, 5.41) is 12.5. The van der Waals surface area contributed by atoms with Crippen LogP contribution in [0, 0.1) is 0 Å². The minimum absolute atomic E-state index is 0.0227. The molecule has 2 amide bonds. The fourth-order valence-electron chi connectivity index (χ4n) is 1.74. The zero-order chi connectivity index (χ0) is 17.6. The predicted octanol–water partition coefficient (Wildman–Crippen LogP) is 2.49. The molecule has 23 heavy (non-hydrogen) atoms. The van der Waals surface area contributed by atoms with Crippen LogP contribution in [-0.4, -0.2) is 48.4 Å². The number of carbonyl (C=O) groups is 1. The van der Waals surface area contributed by atoms with E-state index in [-0.39, 0.29) is 31.0 Å². The number of benzene rings is 1. The van der Waals surface area contributed by atoms with Gasteiger partial charge in [0.2, 0.25) is 0 Å². The summed E-state index contributed by atoms with van der Waals surface area (Å²) in [7, 11) is 1.53. The molecule has 130 valence electrons. The highest BCUT2D eigenvalue weighted by Crippen LogP contribution is 2.30. The van der Waals surface area contributed by atoms with Gasteiger partial charge >= 0.3 is 12.2 Å². The van der Waals surface area contributed by atoms with E-state index in [2.05, 4.69) is 5.32 Å². The lowest BCUT2D eigenvalue weighted by Crippen LogP contribution is -2.44. The third-order valence-electron chi connectivity index (χ3n) is 2.87. The van der Waals surface area contributed by atoms with Gasteiger partial charge in [-0.25, -0.2) is 4.79 Å². The van der Waals surface area contributed by atoms with Crippen LogP contribution in [0.25, 0.3) is 0 Å². The normalized spacial score (nSPS) is 12.9. The van der Waals surface area contributed by atoms with E-state index in [0.717, 1.165) is 12.1 Å². The highest BCUT2D eigenvalue weighted by atomic mass is 19.4. The van der Waals surface area contributed by atoms with Crippen molar-refractivity contribution in [1.29, 1.82) is 0 Å². The minimum Gasteiger partial charge on any atom is -0.491 e. The number of rotatable bonds is 6. The lowest BCUT2D eigenvalue weighted by Gasteiger charge is -2.22. The van der Waals surface area contributed by atoms with Crippen LogP contribution in [0.4, 0.5) is 18.0 Å². The van der Waals surface area contributed by atoms with Gasteiger partial charge in [0.05, 0.1) is 12.1 Å². The van der Waals surface area contributed by atoms with Gasteiger partial charge in [-0.1, -0.05) is 0 Å². The molecular formula is C15H21F3N2O3. The van der Waals surface area contributed by atoms with Gasteiger partial charge in [-0.05, 0) is 38.1 Å². The fraction of sp³-hybridized carbons (Fsp3) is 0.533. The zero-order valence-electron chi connectivity index (χ0n) is 13.2. The number of halogens is 3. The van der Waals surface area contributed by atoms with E-state index in [9.17, 15) is 23.1 Å². The van der Waals surface area contributed by atoms with Crippen LogP contribution in [0.5, 0.6) is 5.75 Å². The van der Waals surface area contributed by atoms with Crippen molar-refractivity contribution >= 4 is 6.03 Å². The molecule has 0 saturated carbocycles. The first kappa shape index (κ1) is 19.1. The Hall–Kier alpha value is -1.96. The summed E-state index contributed by atoms with van der Waals surface area (Å²) in [5.41, 5.74) is -0.768. The second kappa shape index (κ2) is 8.05. The van der Waals surface area contributed by atoms with Gasteiger partial charge in [0.25, 0.3) is 0 Å². The molecule has 0 saturated heterocycles. The molecule has 0 heterocycles. The molecule has 0 fully saturated rings. The smallest absolute Gasteiger partial charge is 0.416 e. The zero-order valence-corrected chi connectivity index (χ0v) is 13.2. The summed E-state index contributed by atoms with van der Waals surface area (Å²) in [5.74, 6) is 0.214. The van der Waals surface area contributed by atoms with E-state index in [1.54, 1.807) is 0 Å². The summed E-state index contributed by atoms with van der Waals surface area (Å²) in [6.45, 7) is 3.54. The Kier molecular flexibility index (Phi) is 6.68. The predicted molar refractivity (Wildman–Crippen MR) is 79.2 cm³/mol. The Balaban J connectivity index is 2.44. The SMILES string of the molecule is CC(C)NC(=O)N(C)CC(O)COc1ccc(C(F)(F)F)cc1. The van der Waals surface area contributed by atoms with E-state index < -0.39 is 17.8 Å².